The summed E-state index contributed by atoms with van der Waals surface area (Å²) in [6.07, 6.45) is 4.34. The minimum absolute atomic E-state index is 0.0181. The van der Waals surface area contributed by atoms with Crippen molar-refractivity contribution < 1.29 is 24.1 Å². The van der Waals surface area contributed by atoms with Crippen LogP contribution in [0.2, 0.25) is 0 Å². The molecule has 8 nitrogen and oxygen atoms in total. The number of hydrogen-bond acceptors (Lipinski definition) is 7. The second kappa shape index (κ2) is 9.99. The Morgan fingerprint density at radius 1 is 1.03 bits per heavy atom. The first-order chi connectivity index (χ1) is 15.0. The Balaban J connectivity index is 1.75. The van der Waals surface area contributed by atoms with Crippen LogP contribution in [0.15, 0.2) is 47.5 Å². The summed E-state index contributed by atoms with van der Waals surface area (Å²) in [5.74, 6) is 2.00. The van der Waals surface area contributed by atoms with Crippen LogP contribution in [0.3, 0.4) is 0 Å². The number of benzene rings is 2. The third-order valence-corrected chi connectivity index (χ3v) is 4.71. The molecule has 8 heteroatoms. The van der Waals surface area contributed by atoms with E-state index < -0.39 is 6.10 Å². The van der Waals surface area contributed by atoms with Crippen molar-refractivity contribution in [3.8, 4) is 23.0 Å². The predicted octanol–water partition coefficient (Wildman–Crippen LogP) is 2.90. The van der Waals surface area contributed by atoms with E-state index in [1.54, 1.807) is 25.3 Å². The van der Waals surface area contributed by atoms with Crippen molar-refractivity contribution >= 4 is 17.0 Å². The highest BCUT2D eigenvalue weighted by molar-refractivity contribution is 5.81. The highest BCUT2D eigenvalue weighted by atomic mass is 16.5. The van der Waals surface area contributed by atoms with Crippen molar-refractivity contribution in [2.24, 2.45) is 0 Å². The molecule has 1 atom stereocenters. The zero-order valence-electron chi connectivity index (χ0n) is 18.0. The van der Waals surface area contributed by atoms with Crippen molar-refractivity contribution in [3.63, 3.8) is 0 Å². The van der Waals surface area contributed by atoms with Gasteiger partial charge in [0.1, 0.15) is 12.7 Å². The lowest BCUT2D eigenvalue weighted by Gasteiger charge is -2.16. The van der Waals surface area contributed by atoms with Crippen molar-refractivity contribution in [1.82, 2.24) is 9.55 Å². The molecular formula is C23H26N2O6. The van der Waals surface area contributed by atoms with Gasteiger partial charge in [0.25, 0.3) is 5.56 Å². The largest absolute Gasteiger partial charge is 0.493 e. The molecule has 0 amide bonds. The molecule has 0 bridgehead atoms. The van der Waals surface area contributed by atoms with Gasteiger partial charge >= 0.3 is 0 Å². The molecule has 0 saturated heterocycles. The molecule has 3 rings (SSSR count). The number of hydrogen-bond donors (Lipinski definition) is 1. The number of ether oxygens (including phenoxy) is 4. The topological polar surface area (TPSA) is 92.0 Å². The van der Waals surface area contributed by atoms with Gasteiger partial charge in [0.15, 0.2) is 23.0 Å². The van der Waals surface area contributed by atoms with Crippen LogP contribution in [0.5, 0.6) is 23.0 Å². The molecule has 0 saturated carbocycles. The van der Waals surface area contributed by atoms with Crippen LogP contribution in [0.1, 0.15) is 12.5 Å². The number of methoxy groups -OCH3 is 3. The second-order valence-electron chi connectivity index (χ2n) is 6.80. The number of nitrogens with zero attached hydrogens (tertiary/aromatic N) is 2. The van der Waals surface area contributed by atoms with Crippen LogP contribution in [0.4, 0.5) is 0 Å². The first-order valence-corrected chi connectivity index (χ1v) is 9.73. The zero-order valence-corrected chi connectivity index (χ0v) is 18.0. The average Bonchev–Trinajstić information content (AvgIpc) is 2.79. The lowest BCUT2D eigenvalue weighted by Crippen LogP contribution is -2.30. The van der Waals surface area contributed by atoms with Crippen LogP contribution < -0.4 is 24.5 Å². The van der Waals surface area contributed by atoms with Gasteiger partial charge in [0.05, 0.1) is 45.1 Å². The van der Waals surface area contributed by atoms with E-state index in [1.165, 1.54) is 25.1 Å². The summed E-state index contributed by atoms with van der Waals surface area (Å²) in [6, 6.07) is 8.75. The minimum atomic E-state index is -0.933. The van der Waals surface area contributed by atoms with Gasteiger partial charge < -0.3 is 24.1 Å². The van der Waals surface area contributed by atoms with E-state index in [9.17, 15) is 9.90 Å². The second-order valence-corrected chi connectivity index (χ2v) is 6.80. The fourth-order valence-corrected chi connectivity index (χ4v) is 3.18. The minimum Gasteiger partial charge on any atom is -0.493 e. The Kier molecular flexibility index (Phi) is 7.15. The SMILES string of the molecule is C/C=C/c1ccc(OC[C@@H](O)Cn2cnc3cc(OC)c(OC)cc3c2=O)c(OC)c1. The smallest absolute Gasteiger partial charge is 0.261 e. The van der Waals surface area contributed by atoms with Crippen LogP contribution >= 0.6 is 0 Å². The maximum atomic E-state index is 12.9. The molecule has 3 aromatic rings. The zero-order chi connectivity index (χ0) is 22.4. The van der Waals surface area contributed by atoms with Gasteiger partial charge in [-0.2, -0.15) is 0 Å². The number of fused-ring (bicyclic) bond motifs is 1. The molecule has 1 aromatic heterocycles. The van der Waals surface area contributed by atoms with E-state index in [4.69, 9.17) is 18.9 Å². The molecule has 31 heavy (non-hydrogen) atoms. The van der Waals surface area contributed by atoms with Crippen LogP contribution in [0, 0.1) is 0 Å². The Hall–Kier alpha value is -3.52. The molecule has 1 heterocycles. The predicted molar refractivity (Wildman–Crippen MR) is 118 cm³/mol. The summed E-state index contributed by atoms with van der Waals surface area (Å²) in [7, 11) is 4.57. The fraction of sp³-hybridized carbons (Fsp3) is 0.304. The van der Waals surface area contributed by atoms with Crippen LogP contribution in [-0.2, 0) is 6.54 Å². The average molecular weight is 426 g/mol. The van der Waals surface area contributed by atoms with Gasteiger partial charge in [-0.05, 0) is 30.7 Å². The summed E-state index contributed by atoms with van der Waals surface area (Å²) in [4.78, 5) is 17.2. The molecule has 0 aliphatic carbocycles. The molecule has 0 aliphatic heterocycles. The van der Waals surface area contributed by atoms with Gasteiger partial charge in [-0.25, -0.2) is 4.98 Å². The summed E-state index contributed by atoms with van der Waals surface area (Å²) >= 11 is 0. The summed E-state index contributed by atoms with van der Waals surface area (Å²) in [5.41, 5.74) is 1.17. The lowest BCUT2D eigenvalue weighted by molar-refractivity contribution is 0.0900. The number of aromatic nitrogens is 2. The molecule has 164 valence electrons. The molecule has 0 unspecified atom stereocenters. The third-order valence-electron chi connectivity index (χ3n) is 4.71. The van der Waals surface area contributed by atoms with Crippen molar-refractivity contribution in [2.75, 3.05) is 27.9 Å². The van der Waals surface area contributed by atoms with E-state index in [0.29, 0.717) is 33.9 Å². The third kappa shape index (κ3) is 4.97. The molecule has 0 fully saturated rings. The molecular weight excluding hydrogens is 400 g/mol. The van der Waals surface area contributed by atoms with E-state index in [-0.39, 0.29) is 18.7 Å². The molecule has 2 aromatic carbocycles. The van der Waals surface area contributed by atoms with Gasteiger partial charge in [-0.15, -0.1) is 0 Å². The molecule has 0 aliphatic rings. The molecule has 0 spiro atoms. The maximum Gasteiger partial charge on any atom is 0.261 e. The van der Waals surface area contributed by atoms with E-state index in [0.717, 1.165) is 5.56 Å². The summed E-state index contributed by atoms with van der Waals surface area (Å²) in [5, 5.41) is 10.8. The van der Waals surface area contributed by atoms with E-state index in [1.807, 2.05) is 31.2 Å². The monoisotopic (exact) mass is 426 g/mol. The van der Waals surface area contributed by atoms with Crippen molar-refractivity contribution in [2.45, 2.75) is 19.6 Å². The highest BCUT2D eigenvalue weighted by Crippen LogP contribution is 2.30. The first kappa shape index (κ1) is 22.2. The lowest BCUT2D eigenvalue weighted by atomic mass is 10.2. The standard InChI is InChI=1S/C23H26N2O6/c1-5-6-15-7-8-19(20(9-15)28-2)31-13-16(26)12-25-14-24-18-11-22(30-4)21(29-3)10-17(18)23(25)27/h5-11,14,16,26H,12-13H2,1-4H3/b6-5+/t16-/m0/s1. The van der Waals surface area contributed by atoms with E-state index >= 15 is 0 Å². The van der Waals surface area contributed by atoms with Gasteiger partial charge in [0, 0.05) is 6.07 Å². The molecule has 1 N–H and O–H groups in total. The van der Waals surface area contributed by atoms with Crippen molar-refractivity contribution in [3.05, 3.63) is 58.7 Å². The Bertz CT molecular complexity index is 1140. The Labute approximate surface area is 180 Å². The Morgan fingerprint density at radius 2 is 1.71 bits per heavy atom. The number of rotatable bonds is 9. The highest BCUT2D eigenvalue weighted by Gasteiger charge is 2.14. The van der Waals surface area contributed by atoms with E-state index in [2.05, 4.69) is 4.98 Å². The fourth-order valence-electron chi connectivity index (χ4n) is 3.18. The van der Waals surface area contributed by atoms with Gasteiger partial charge in [-0.3, -0.25) is 9.36 Å². The quantitative estimate of drug-likeness (QED) is 0.562. The Morgan fingerprint density at radius 3 is 2.39 bits per heavy atom. The summed E-state index contributed by atoms with van der Waals surface area (Å²) in [6.45, 7) is 1.94. The van der Waals surface area contributed by atoms with Crippen molar-refractivity contribution in [1.29, 1.82) is 0 Å². The normalized spacial score (nSPS) is 12.2. The molecule has 0 radical (unpaired) electrons. The van der Waals surface area contributed by atoms with Crippen LogP contribution in [-0.4, -0.2) is 48.7 Å². The first-order valence-electron chi connectivity index (χ1n) is 9.73. The van der Waals surface area contributed by atoms with Crippen LogP contribution in [0.25, 0.3) is 17.0 Å². The number of allylic oxidation sites excluding steroid dienone is 1. The summed E-state index contributed by atoms with van der Waals surface area (Å²) < 4.78 is 22.9. The number of aliphatic hydroxyl groups excluding tert-OH is 1. The number of aliphatic hydroxyl groups is 1. The van der Waals surface area contributed by atoms with Gasteiger partial charge in [0.2, 0.25) is 0 Å². The maximum absolute atomic E-state index is 12.9. The van der Waals surface area contributed by atoms with Gasteiger partial charge in [-0.1, -0.05) is 18.2 Å².